The molecule has 1 N–H and O–H groups in total. The number of aryl methyl sites for hydroxylation is 1. The molecule has 0 unspecified atom stereocenters. The van der Waals surface area contributed by atoms with E-state index in [1.807, 2.05) is 0 Å². The van der Waals surface area contributed by atoms with Crippen LogP contribution in [0.4, 0.5) is 28.8 Å². The molecule has 0 aliphatic carbocycles. The molecule has 1 aromatic carbocycles. The molecule has 146 valence electrons. The van der Waals surface area contributed by atoms with Crippen molar-refractivity contribution >= 4 is 34.2 Å². The van der Waals surface area contributed by atoms with Gasteiger partial charge in [-0.25, -0.2) is 19.5 Å². The van der Waals surface area contributed by atoms with Crippen LogP contribution in [0.2, 0.25) is 0 Å². The Morgan fingerprint density at radius 2 is 1.78 bits per heavy atom. The number of hydrogen-bond donors (Lipinski definition) is 1. The largest absolute Gasteiger partial charge is 0.477 e. The van der Waals surface area contributed by atoms with Crippen LogP contribution in [-0.4, -0.2) is 27.8 Å². The minimum absolute atomic E-state index is 0.242. The normalized spacial score (nSPS) is 12.0. The molecule has 2 aromatic rings. The van der Waals surface area contributed by atoms with E-state index in [0.717, 1.165) is 4.90 Å². The molecule has 1 heterocycles. The maximum Gasteiger partial charge on any atom is 0.435 e. The minimum Gasteiger partial charge on any atom is -0.477 e. The molecule has 0 atom stereocenters. The Kier molecular flexibility index (Phi) is 5.50. The van der Waals surface area contributed by atoms with Crippen molar-refractivity contribution in [3.8, 4) is 0 Å². The van der Waals surface area contributed by atoms with E-state index in [4.69, 9.17) is 9.84 Å². The van der Waals surface area contributed by atoms with Gasteiger partial charge in [-0.15, -0.1) is 0 Å². The number of carboxylic acid groups (broad SMARTS) is 1. The average molecular weight is 402 g/mol. The number of carbonyl (C=O) groups excluding carboxylic acids is 1. The summed E-state index contributed by atoms with van der Waals surface area (Å²) < 4.78 is 44.8. The molecule has 0 bridgehead atoms. The summed E-state index contributed by atoms with van der Waals surface area (Å²) in [4.78, 5) is 27.2. The van der Waals surface area contributed by atoms with Crippen molar-refractivity contribution in [1.29, 1.82) is 0 Å². The highest BCUT2D eigenvalue weighted by atomic mass is 32.1. The number of rotatable bonds is 3. The number of para-hydroxylation sites is 1. The lowest BCUT2D eigenvalue weighted by Crippen LogP contribution is -2.34. The highest BCUT2D eigenvalue weighted by Crippen LogP contribution is 2.40. The fourth-order valence-corrected chi connectivity index (χ4v) is 3.07. The van der Waals surface area contributed by atoms with Gasteiger partial charge >= 0.3 is 18.2 Å². The second kappa shape index (κ2) is 7.18. The molecule has 0 saturated heterocycles. The predicted octanol–water partition coefficient (Wildman–Crippen LogP) is 5.24. The van der Waals surface area contributed by atoms with Crippen molar-refractivity contribution in [3.05, 3.63) is 40.4 Å². The fourth-order valence-electron chi connectivity index (χ4n) is 2.14. The van der Waals surface area contributed by atoms with E-state index in [1.165, 1.54) is 6.07 Å². The summed E-state index contributed by atoms with van der Waals surface area (Å²) in [5, 5.41) is 8.67. The van der Waals surface area contributed by atoms with E-state index in [2.05, 4.69) is 4.98 Å². The molecule has 1 amide bonds. The van der Waals surface area contributed by atoms with Gasteiger partial charge in [-0.3, -0.25) is 0 Å². The standard InChI is InChI=1S/C17H17F3N2O4S/c1-9-7-5-6-8-10(9)22(15(25)26-16(2,3)4)14-21-12(17(18,19)20)11(27-14)13(23)24/h5-8H,1-4H3,(H,23,24). The third kappa shape index (κ3) is 4.76. The number of ether oxygens (including phenoxy) is 1. The van der Waals surface area contributed by atoms with Gasteiger partial charge < -0.3 is 9.84 Å². The summed E-state index contributed by atoms with van der Waals surface area (Å²) in [6.45, 7) is 6.47. The SMILES string of the molecule is Cc1ccccc1N(C(=O)OC(C)(C)C)c1nc(C(F)(F)F)c(C(=O)O)s1. The first kappa shape index (κ1) is 20.7. The molecule has 0 spiro atoms. The highest BCUT2D eigenvalue weighted by molar-refractivity contribution is 7.17. The lowest BCUT2D eigenvalue weighted by molar-refractivity contribution is -0.141. The summed E-state index contributed by atoms with van der Waals surface area (Å²) in [6, 6.07) is 6.45. The summed E-state index contributed by atoms with van der Waals surface area (Å²) >= 11 is 0.255. The Hall–Kier alpha value is -2.62. The van der Waals surface area contributed by atoms with Gasteiger partial charge in [-0.2, -0.15) is 13.2 Å². The Balaban J connectivity index is 2.66. The number of aromatic carboxylic acids is 1. The smallest absolute Gasteiger partial charge is 0.435 e. The Morgan fingerprint density at radius 3 is 2.22 bits per heavy atom. The van der Waals surface area contributed by atoms with Crippen LogP contribution in [0.25, 0.3) is 0 Å². The number of hydrogen-bond acceptors (Lipinski definition) is 5. The molecule has 0 aliphatic heterocycles. The molecule has 10 heteroatoms. The van der Waals surface area contributed by atoms with Gasteiger partial charge in [0.25, 0.3) is 0 Å². The quantitative estimate of drug-likeness (QED) is 0.759. The number of aromatic nitrogens is 1. The molecule has 0 saturated carbocycles. The van der Waals surface area contributed by atoms with E-state index in [0.29, 0.717) is 5.56 Å². The molecule has 2 rings (SSSR count). The third-order valence-corrected chi connectivity index (χ3v) is 4.23. The van der Waals surface area contributed by atoms with Crippen LogP contribution < -0.4 is 4.90 Å². The number of halogens is 3. The van der Waals surface area contributed by atoms with Gasteiger partial charge in [-0.1, -0.05) is 29.5 Å². The number of anilines is 2. The number of carbonyl (C=O) groups is 2. The number of carboxylic acids is 1. The minimum atomic E-state index is -4.98. The van der Waals surface area contributed by atoms with Gasteiger partial charge in [0.05, 0.1) is 5.69 Å². The van der Waals surface area contributed by atoms with Gasteiger partial charge in [0, 0.05) is 0 Å². The van der Waals surface area contributed by atoms with Crippen molar-refractivity contribution in [2.24, 2.45) is 0 Å². The van der Waals surface area contributed by atoms with Crippen LogP contribution >= 0.6 is 11.3 Å². The first-order valence-corrected chi connectivity index (χ1v) is 8.53. The maximum atomic E-state index is 13.2. The summed E-state index contributed by atoms with van der Waals surface area (Å²) in [7, 11) is 0. The number of nitrogens with zero attached hydrogens (tertiary/aromatic N) is 2. The Labute approximate surface area is 157 Å². The highest BCUT2D eigenvalue weighted by Gasteiger charge is 2.41. The Bertz CT molecular complexity index is 872. The molecule has 0 aliphatic rings. The molecule has 1 aromatic heterocycles. The maximum absolute atomic E-state index is 13.2. The van der Waals surface area contributed by atoms with E-state index in [1.54, 1.807) is 45.9 Å². The van der Waals surface area contributed by atoms with Crippen molar-refractivity contribution < 1.29 is 32.6 Å². The second-order valence-electron chi connectivity index (χ2n) is 6.58. The molecular formula is C17H17F3N2O4S. The second-order valence-corrected chi connectivity index (χ2v) is 7.56. The van der Waals surface area contributed by atoms with Crippen LogP contribution in [-0.2, 0) is 10.9 Å². The fraction of sp³-hybridized carbons (Fsp3) is 0.353. The zero-order valence-electron chi connectivity index (χ0n) is 14.9. The number of benzene rings is 1. The number of thiazole rings is 1. The average Bonchev–Trinajstić information content (AvgIpc) is 2.93. The first-order chi connectivity index (χ1) is 12.3. The summed E-state index contributed by atoms with van der Waals surface area (Å²) in [5.74, 6) is -1.78. The van der Waals surface area contributed by atoms with E-state index in [-0.39, 0.29) is 17.0 Å². The van der Waals surface area contributed by atoms with Crippen molar-refractivity contribution in [2.45, 2.75) is 39.5 Å². The number of amides is 1. The zero-order valence-corrected chi connectivity index (χ0v) is 15.7. The monoisotopic (exact) mass is 402 g/mol. The van der Waals surface area contributed by atoms with Gasteiger partial charge in [0.2, 0.25) is 5.13 Å². The van der Waals surface area contributed by atoms with Crippen molar-refractivity contribution in [3.63, 3.8) is 0 Å². The topological polar surface area (TPSA) is 79.7 Å². The van der Waals surface area contributed by atoms with Crippen LogP contribution in [0.3, 0.4) is 0 Å². The third-order valence-electron chi connectivity index (χ3n) is 3.20. The zero-order chi connectivity index (χ0) is 20.6. The summed E-state index contributed by atoms with van der Waals surface area (Å²) in [6.07, 6.45) is -5.94. The van der Waals surface area contributed by atoms with E-state index < -0.39 is 39.5 Å². The van der Waals surface area contributed by atoms with Gasteiger partial charge in [0.1, 0.15) is 10.5 Å². The van der Waals surface area contributed by atoms with Crippen molar-refractivity contribution in [2.75, 3.05) is 4.90 Å². The van der Waals surface area contributed by atoms with Crippen LogP contribution in [0.15, 0.2) is 24.3 Å². The van der Waals surface area contributed by atoms with Crippen LogP contribution in [0.5, 0.6) is 0 Å². The molecule has 6 nitrogen and oxygen atoms in total. The summed E-state index contributed by atoms with van der Waals surface area (Å²) in [5.41, 5.74) is -1.66. The molecule has 0 radical (unpaired) electrons. The lowest BCUT2D eigenvalue weighted by Gasteiger charge is -2.26. The number of alkyl halides is 3. The molecule has 27 heavy (non-hydrogen) atoms. The van der Waals surface area contributed by atoms with Crippen LogP contribution in [0.1, 0.15) is 41.7 Å². The molecular weight excluding hydrogens is 385 g/mol. The molecule has 0 fully saturated rings. The van der Waals surface area contributed by atoms with E-state index in [9.17, 15) is 22.8 Å². The predicted molar refractivity (Wildman–Crippen MR) is 93.6 cm³/mol. The van der Waals surface area contributed by atoms with Crippen LogP contribution in [0, 0.1) is 6.92 Å². The lowest BCUT2D eigenvalue weighted by atomic mass is 10.2. The van der Waals surface area contributed by atoms with Gasteiger partial charge in [0.15, 0.2) is 5.69 Å². The van der Waals surface area contributed by atoms with Gasteiger partial charge in [-0.05, 0) is 39.3 Å². The van der Waals surface area contributed by atoms with E-state index >= 15 is 0 Å². The van der Waals surface area contributed by atoms with Crippen molar-refractivity contribution in [1.82, 2.24) is 4.98 Å². The first-order valence-electron chi connectivity index (χ1n) is 7.71. The Morgan fingerprint density at radius 1 is 1.19 bits per heavy atom.